The molecule has 1 aliphatic rings. The van der Waals surface area contributed by atoms with Gasteiger partial charge in [0.05, 0.1) is 18.8 Å². The molecule has 0 aliphatic carbocycles. The summed E-state index contributed by atoms with van der Waals surface area (Å²) in [5, 5.41) is 7.50. The summed E-state index contributed by atoms with van der Waals surface area (Å²) < 4.78 is 4.24. The highest BCUT2D eigenvalue weighted by molar-refractivity contribution is 6.36. The quantitative estimate of drug-likeness (QED) is 0.462. The first-order chi connectivity index (χ1) is 15.4. The molecule has 0 saturated heterocycles. The molecular formula is C22H18Cl2N6O2. The highest BCUT2D eigenvalue weighted by atomic mass is 35.5. The smallest absolute Gasteiger partial charge is 0.297 e. The van der Waals surface area contributed by atoms with Crippen LogP contribution in [-0.2, 0) is 27.2 Å². The van der Waals surface area contributed by atoms with E-state index < -0.39 is 11.2 Å². The maximum absolute atomic E-state index is 13.0. The topological polar surface area (TPSA) is 77.4 Å². The fraction of sp³-hybridized carbons (Fsp3) is 0.182. The first-order valence-corrected chi connectivity index (χ1v) is 10.6. The van der Waals surface area contributed by atoms with Gasteiger partial charge >= 0.3 is 5.69 Å². The zero-order valence-electron chi connectivity index (χ0n) is 17.3. The molecule has 0 spiro atoms. The SMILES string of the molecule is Cn1c(=O)c2c(nc3n2CC(c2ccccc2)=NN3Cc2c(Cl)cccc2Cl)n(C)c1=O. The highest BCUT2D eigenvalue weighted by Gasteiger charge is 2.28. The molecule has 0 unspecified atom stereocenters. The van der Waals surface area contributed by atoms with Gasteiger partial charge in [-0.05, 0) is 17.7 Å². The summed E-state index contributed by atoms with van der Waals surface area (Å²) in [5.41, 5.74) is 2.13. The van der Waals surface area contributed by atoms with Crippen LogP contribution in [0.15, 0.2) is 63.2 Å². The van der Waals surface area contributed by atoms with Crippen molar-refractivity contribution in [1.29, 1.82) is 0 Å². The van der Waals surface area contributed by atoms with Crippen LogP contribution in [0.4, 0.5) is 5.95 Å². The molecule has 4 aromatic rings. The lowest BCUT2D eigenvalue weighted by Crippen LogP contribution is -2.38. The number of aryl methyl sites for hydroxylation is 1. The molecule has 162 valence electrons. The Balaban J connectivity index is 1.76. The van der Waals surface area contributed by atoms with E-state index in [-0.39, 0.29) is 6.54 Å². The van der Waals surface area contributed by atoms with E-state index in [0.29, 0.717) is 39.3 Å². The van der Waals surface area contributed by atoms with E-state index in [1.165, 1.54) is 11.6 Å². The number of rotatable bonds is 3. The maximum atomic E-state index is 13.0. The number of hydrogen-bond donors (Lipinski definition) is 0. The van der Waals surface area contributed by atoms with E-state index >= 15 is 0 Å². The second kappa shape index (κ2) is 7.65. The van der Waals surface area contributed by atoms with Gasteiger partial charge in [-0.15, -0.1) is 0 Å². The average Bonchev–Trinajstić information content (AvgIpc) is 3.19. The van der Waals surface area contributed by atoms with Crippen molar-refractivity contribution >= 4 is 46.0 Å². The van der Waals surface area contributed by atoms with Crippen LogP contribution in [0.25, 0.3) is 11.2 Å². The van der Waals surface area contributed by atoms with Crippen LogP contribution < -0.4 is 16.3 Å². The van der Waals surface area contributed by atoms with Crippen molar-refractivity contribution in [3.63, 3.8) is 0 Å². The van der Waals surface area contributed by atoms with E-state index in [1.54, 1.807) is 34.8 Å². The Kier molecular flexibility index (Phi) is 4.91. The number of anilines is 1. The van der Waals surface area contributed by atoms with Crippen molar-refractivity contribution in [3.05, 3.63) is 90.5 Å². The van der Waals surface area contributed by atoms with Gasteiger partial charge < -0.3 is 0 Å². The fourth-order valence-corrected chi connectivity index (χ4v) is 4.39. The molecule has 5 rings (SSSR count). The summed E-state index contributed by atoms with van der Waals surface area (Å²) in [6, 6.07) is 15.0. The lowest BCUT2D eigenvalue weighted by Gasteiger charge is -2.26. The molecule has 3 heterocycles. The van der Waals surface area contributed by atoms with Crippen LogP contribution in [0.5, 0.6) is 0 Å². The minimum absolute atomic E-state index is 0.242. The Labute approximate surface area is 192 Å². The van der Waals surface area contributed by atoms with Gasteiger partial charge in [0.1, 0.15) is 0 Å². The third kappa shape index (κ3) is 3.14. The lowest BCUT2D eigenvalue weighted by atomic mass is 10.1. The Hall–Kier alpha value is -3.36. The van der Waals surface area contributed by atoms with E-state index in [0.717, 1.165) is 15.8 Å². The Morgan fingerprint density at radius 3 is 2.31 bits per heavy atom. The Morgan fingerprint density at radius 2 is 1.62 bits per heavy atom. The van der Waals surface area contributed by atoms with Gasteiger partial charge in [-0.25, -0.2) is 9.80 Å². The summed E-state index contributed by atoms with van der Waals surface area (Å²) in [4.78, 5) is 30.1. The Bertz CT molecular complexity index is 1500. The first-order valence-electron chi connectivity index (χ1n) is 9.86. The van der Waals surface area contributed by atoms with E-state index in [9.17, 15) is 9.59 Å². The zero-order valence-corrected chi connectivity index (χ0v) is 18.8. The molecule has 10 heteroatoms. The second-order valence-corrected chi connectivity index (χ2v) is 8.36. The van der Waals surface area contributed by atoms with Crippen LogP contribution in [0, 0.1) is 0 Å². The molecule has 1 aliphatic heterocycles. The molecule has 2 aromatic carbocycles. The van der Waals surface area contributed by atoms with Gasteiger partial charge in [-0.3, -0.25) is 18.5 Å². The predicted octanol–water partition coefficient (Wildman–Crippen LogP) is 3.17. The van der Waals surface area contributed by atoms with Crippen molar-refractivity contribution < 1.29 is 0 Å². The molecule has 0 N–H and O–H groups in total. The first kappa shape index (κ1) is 20.5. The molecule has 0 bridgehead atoms. The molecule has 0 amide bonds. The monoisotopic (exact) mass is 468 g/mol. The summed E-state index contributed by atoms with van der Waals surface area (Å²) >= 11 is 12.8. The number of imidazole rings is 1. The minimum Gasteiger partial charge on any atom is -0.297 e. The number of halogens is 2. The zero-order chi connectivity index (χ0) is 22.6. The second-order valence-electron chi connectivity index (χ2n) is 7.55. The van der Waals surface area contributed by atoms with E-state index in [2.05, 4.69) is 4.98 Å². The third-order valence-electron chi connectivity index (χ3n) is 5.58. The average molecular weight is 469 g/mol. The van der Waals surface area contributed by atoms with Crippen LogP contribution in [0.3, 0.4) is 0 Å². The molecule has 32 heavy (non-hydrogen) atoms. The fourth-order valence-electron chi connectivity index (χ4n) is 3.87. The molecule has 0 radical (unpaired) electrons. The van der Waals surface area contributed by atoms with Crippen molar-refractivity contribution in [2.24, 2.45) is 19.2 Å². The predicted molar refractivity (Wildman–Crippen MR) is 126 cm³/mol. The van der Waals surface area contributed by atoms with Crippen molar-refractivity contribution in [1.82, 2.24) is 18.7 Å². The van der Waals surface area contributed by atoms with Crippen LogP contribution in [-0.4, -0.2) is 24.4 Å². The van der Waals surface area contributed by atoms with Crippen molar-refractivity contribution in [2.45, 2.75) is 13.1 Å². The summed E-state index contributed by atoms with van der Waals surface area (Å²) in [5.74, 6) is 0.439. The number of nitrogens with zero attached hydrogens (tertiary/aromatic N) is 6. The molecule has 0 fully saturated rings. The molecular weight excluding hydrogens is 451 g/mol. The summed E-state index contributed by atoms with van der Waals surface area (Å²) in [7, 11) is 3.05. The summed E-state index contributed by atoms with van der Waals surface area (Å²) in [6.45, 7) is 0.572. The largest absolute Gasteiger partial charge is 0.332 e. The number of benzene rings is 2. The molecule has 8 nitrogen and oxygen atoms in total. The van der Waals surface area contributed by atoms with Crippen molar-refractivity contribution in [3.8, 4) is 0 Å². The number of hydrogen-bond acceptors (Lipinski definition) is 5. The van der Waals surface area contributed by atoms with E-state index in [4.69, 9.17) is 28.3 Å². The van der Waals surface area contributed by atoms with Gasteiger partial charge in [-0.1, -0.05) is 59.6 Å². The third-order valence-corrected chi connectivity index (χ3v) is 6.29. The molecule has 2 aromatic heterocycles. The van der Waals surface area contributed by atoms with Crippen molar-refractivity contribution in [2.75, 3.05) is 5.01 Å². The van der Waals surface area contributed by atoms with E-state index in [1.807, 2.05) is 30.3 Å². The number of hydrazone groups is 1. The maximum Gasteiger partial charge on any atom is 0.332 e. The normalized spacial score (nSPS) is 13.4. The number of fused-ring (bicyclic) bond motifs is 3. The highest BCUT2D eigenvalue weighted by Crippen LogP contribution is 2.31. The van der Waals surface area contributed by atoms with Crippen LogP contribution >= 0.6 is 23.2 Å². The minimum atomic E-state index is -0.442. The van der Waals surface area contributed by atoms with Gasteiger partial charge in [-0.2, -0.15) is 10.1 Å². The number of aromatic nitrogens is 4. The Morgan fingerprint density at radius 1 is 0.938 bits per heavy atom. The molecule has 0 atom stereocenters. The van der Waals surface area contributed by atoms with Crippen LogP contribution in [0.1, 0.15) is 11.1 Å². The van der Waals surface area contributed by atoms with Gasteiger partial charge in [0.25, 0.3) is 5.56 Å². The van der Waals surface area contributed by atoms with Gasteiger partial charge in [0.15, 0.2) is 11.2 Å². The van der Waals surface area contributed by atoms with Gasteiger partial charge in [0, 0.05) is 29.7 Å². The lowest BCUT2D eigenvalue weighted by molar-refractivity contribution is 0.699. The summed E-state index contributed by atoms with van der Waals surface area (Å²) in [6.07, 6.45) is 0. The standard InChI is InChI=1S/C22H18Cl2N6O2/c1-27-19-18(20(31)28(2)22(27)32)29-12-17(13-7-4-3-5-8-13)26-30(21(29)25-19)11-14-15(23)9-6-10-16(14)24/h3-10H,11-12H2,1-2H3. The van der Waals surface area contributed by atoms with Crippen LogP contribution in [0.2, 0.25) is 10.0 Å². The van der Waals surface area contributed by atoms with Gasteiger partial charge in [0.2, 0.25) is 5.95 Å². The molecule has 0 saturated carbocycles.